The molecule has 0 unspecified atom stereocenters. The number of nitrogens with zero attached hydrogens (tertiary/aromatic N) is 1. The smallest absolute Gasteiger partial charge is 0.340 e. The van der Waals surface area contributed by atoms with Gasteiger partial charge in [0.1, 0.15) is 5.56 Å². The number of rotatable bonds is 2. The van der Waals surface area contributed by atoms with Gasteiger partial charge < -0.3 is 10.8 Å². The first-order valence-electron chi connectivity index (χ1n) is 3.40. The molecule has 1 heterocycles. The Bertz CT molecular complexity index is 381. The van der Waals surface area contributed by atoms with Gasteiger partial charge in [-0.15, -0.1) is 0 Å². The molecule has 4 nitrogen and oxygen atoms in total. The third-order valence-corrected chi connectivity index (χ3v) is 1.54. The molecule has 0 aromatic carbocycles. The summed E-state index contributed by atoms with van der Waals surface area (Å²) in [5.41, 5.74) is 2.30. The van der Waals surface area contributed by atoms with Gasteiger partial charge in [0.05, 0.1) is 17.4 Å². The van der Waals surface area contributed by atoms with Crippen LogP contribution in [0.15, 0.2) is 6.20 Å². The van der Waals surface area contributed by atoms with Crippen molar-refractivity contribution < 1.29 is 23.1 Å². The van der Waals surface area contributed by atoms with Gasteiger partial charge in [-0.2, -0.15) is 4.39 Å². The van der Waals surface area contributed by atoms with E-state index in [0.717, 1.165) is 0 Å². The molecule has 0 spiro atoms. The van der Waals surface area contributed by atoms with E-state index in [1.807, 2.05) is 0 Å². The van der Waals surface area contributed by atoms with Crippen LogP contribution in [0.3, 0.4) is 0 Å². The van der Waals surface area contributed by atoms with Crippen LogP contribution < -0.4 is 5.73 Å². The fourth-order valence-electron chi connectivity index (χ4n) is 0.954. The van der Waals surface area contributed by atoms with Gasteiger partial charge >= 0.3 is 5.97 Å². The lowest BCUT2D eigenvalue weighted by molar-refractivity contribution is 0.0677. The van der Waals surface area contributed by atoms with Crippen molar-refractivity contribution in [2.45, 2.75) is 6.43 Å². The molecule has 1 aromatic heterocycles. The zero-order chi connectivity index (χ0) is 10.9. The van der Waals surface area contributed by atoms with Crippen LogP contribution in [0.25, 0.3) is 0 Å². The number of aromatic nitrogens is 1. The Labute approximate surface area is 76.2 Å². The van der Waals surface area contributed by atoms with Crippen molar-refractivity contribution in [2.75, 3.05) is 5.73 Å². The number of nitrogens with two attached hydrogens (primary N) is 1. The van der Waals surface area contributed by atoms with E-state index in [-0.39, 0.29) is 0 Å². The average Bonchev–Trinajstić information content (AvgIpc) is 2.07. The summed E-state index contributed by atoms with van der Waals surface area (Å²) in [6.07, 6.45) is -2.50. The minimum atomic E-state index is -3.15. The van der Waals surface area contributed by atoms with Crippen LogP contribution >= 0.6 is 0 Å². The van der Waals surface area contributed by atoms with Gasteiger partial charge in [-0.1, -0.05) is 0 Å². The highest BCUT2D eigenvalue weighted by molar-refractivity contribution is 5.91. The minimum absolute atomic E-state index is 0.543. The van der Waals surface area contributed by atoms with Crippen LogP contribution in [0.2, 0.25) is 0 Å². The van der Waals surface area contributed by atoms with Gasteiger partial charge in [-0.3, -0.25) is 0 Å². The number of carboxylic acids is 1. The molecule has 0 saturated heterocycles. The van der Waals surface area contributed by atoms with Gasteiger partial charge in [0.25, 0.3) is 6.43 Å². The second-order valence-electron chi connectivity index (χ2n) is 2.40. The number of aromatic carboxylic acids is 1. The first kappa shape index (κ1) is 10.3. The van der Waals surface area contributed by atoms with E-state index in [1.165, 1.54) is 0 Å². The van der Waals surface area contributed by atoms with E-state index in [4.69, 9.17) is 10.8 Å². The van der Waals surface area contributed by atoms with E-state index < -0.39 is 35.2 Å². The number of hydrogen-bond acceptors (Lipinski definition) is 3. The fourth-order valence-corrected chi connectivity index (χ4v) is 0.954. The maximum atomic E-state index is 12.8. The summed E-state index contributed by atoms with van der Waals surface area (Å²) in [6.45, 7) is 0. The topological polar surface area (TPSA) is 76.2 Å². The molecule has 0 saturated carbocycles. The van der Waals surface area contributed by atoms with E-state index in [2.05, 4.69) is 4.98 Å². The number of anilines is 1. The highest BCUT2D eigenvalue weighted by Gasteiger charge is 2.25. The maximum Gasteiger partial charge on any atom is 0.340 e. The first-order chi connectivity index (χ1) is 6.45. The molecule has 1 aromatic rings. The molecule has 3 N–H and O–H groups in total. The molecule has 0 amide bonds. The van der Waals surface area contributed by atoms with Crippen LogP contribution in [0.5, 0.6) is 0 Å². The number of hydrogen-bond donors (Lipinski definition) is 2. The van der Waals surface area contributed by atoms with Crippen molar-refractivity contribution in [2.24, 2.45) is 0 Å². The van der Waals surface area contributed by atoms with Gasteiger partial charge in [0.2, 0.25) is 5.95 Å². The molecule has 0 fully saturated rings. The Balaban J connectivity index is 3.50. The number of carboxylic acid groups (broad SMARTS) is 1. The van der Waals surface area contributed by atoms with E-state index in [0.29, 0.717) is 6.20 Å². The maximum absolute atomic E-state index is 12.8. The SMILES string of the molecule is Nc1cnc(F)c(C(=O)O)c1C(F)F. The summed E-state index contributed by atoms with van der Waals surface area (Å²) in [5.74, 6) is -3.29. The number of nitrogen functional groups attached to an aromatic ring is 1. The zero-order valence-electron chi connectivity index (χ0n) is 6.67. The molecule has 0 aliphatic heterocycles. The Morgan fingerprint density at radius 1 is 1.57 bits per heavy atom. The average molecular weight is 206 g/mol. The van der Waals surface area contributed by atoms with Crippen molar-refractivity contribution in [1.82, 2.24) is 4.98 Å². The van der Waals surface area contributed by atoms with E-state index in [9.17, 15) is 18.0 Å². The summed E-state index contributed by atoms with van der Waals surface area (Å²) in [4.78, 5) is 13.4. The molecule has 14 heavy (non-hydrogen) atoms. The Morgan fingerprint density at radius 2 is 2.14 bits per heavy atom. The molecule has 76 valence electrons. The van der Waals surface area contributed by atoms with Crippen molar-refractivity contribution in [1.29, 1.82) is 0 Å². The predicted molar refractivity (Wildman–Crippen MR) is 40.5 cm³/mol. The van der Waals surface area contributed by atoms with Crippen LogP contribution in [0.1, 0.15) is 22.3 Å². The summed E-state index contributed by atoms with van der Waals surface area (Å²) < 4.78 is 37.3. The first-order valence-corrected chi connectivity index (χ1v) is 3.40. The number of halogens is 3. The second-order valence-corrected chi connectivity index (χ2v) is 2.40. The molecule has 0 aliphatic rings. The van der Waals surface area contributed by atoms with Crippen LogP contribution in [-0.4, -0.2) is 16.1 Å². The molecule has 1 rings (SSSR count). The fraction of sp³-hybridized carbons (Fsp3) is 0.143. The lowest BCUT2D eigenvalue weighted by Crippen LogP contribution is -2.11. The standard InChI is InChI=1S/C7H5F3N2O2/c8-5(9)3-2(11)1-12-6(10)4(3)7(13)14/h1,5H,11H2,(H,13,14). The highest BCUT2D eigenvalue weighted by atomic mass is 19.3. The Hall–Kier alpha value is -1.79. The predicted octanol–water partition coefficient (Wildman–Crippen LogP) is 1.44. The summed E-state index contributed by atoms with van der Waals surface area (Å²) >= 11 is 0. The Kier molecular flexibility index (Phi) is 2.59. The Morgan fingerprint density at radius 3 is 2.50 bits per heavy atom. The van der Waals surface area contributed by atoms with Gasteiger partial charge in [0.15, 0.2) is 0 Å². The number of alkyl halides is 2. The third kappa shape index (κ3) is 1.61. The van der Waals surface area contributed by atoms with Crippen LogP contribution in [0.4, 0.5) is 18.9 Å². The monoisotopic (exact) mass is 206 g/mol. The molecule has 0 atom stereocenters. The summed E-state index contributed by atoms with van der Waals surface area (Å²) in [6, 6.07) is 0. The van der Waals surface area contributed by atoms with Crippen LogP contribution in [-0.2, 0) is 0 Å². The van der Waals surface area contributed by atoms with Gasteiger partial charge in [-0.25, -0.2) is 18.6 Å². The molecular formula is C7H5F3N2O2. The lowest BCUT2D eigenvalue weighted by atomic mass is 10.1. The molecule has 0 aliphatic carbocycles. The molecular weight excluding hydrogens is 201 g/mol. The lowest BCUT2D eigenvalue weighted by Gasteiger charge is -2.07. The highest BCUT2D eigenvalue weighted by Crippen LogP contribution is 2.29. The van der Waals surface area contributed by atoms with Gasteiger partial charge in [-0.05, 0) is 0 Å². The van der Waals surface area contributed by atoms with E-state index in [1.54, 1.807) is 0 Å². The van der Waals surface area contributed by atoms with Crippen LogP contribution in [0, 0.1) is 5.95 Å². The van der Waals surface area contributed by atoms with Crippen molar-refractivity contribution in [3.8, 4) is 0 Å². The second kappa shape index (κ2) is 3.52. The zero-order valence-corrected chi connectivity index (χ0v) is 6.67. The van der Waals surface area contributed by atoms with Gasteiger partial charge in [0, 0.05) is 0 Å². The van der Waals surface area contributed by atoms with Crippen molar-refractivity contribution in [3.05, 3.63) is 23.3 Å². The normalized spacial score (nSPS) is 10.6. The molecule has 0 radical (unpaired) electrons. The van der Waals surface area contributed by atoms with Crippen molar-refractivity contribution in [3.63, 3.8) is 0 Å². The molecule has 7 heteroatoms. The number of pyridine rings is 1. The molecule has 0 bridgehead atoms. The number of carbonyl (C=O) groups is 1. The van der Waals surface area contributed by atoms with E-state index >= 15 is 0 Å². The quantitative estimate of drug-likeness (QED) is 0.717. The third-order valence-electron chi connectivity index (χ3n) is 1.54. The summed E-state index contributed by atoms with van der Waals surface area (Å²) in [5, 5.41) is 8.45. The minimum Gasteiger partial charge on any atom is -0.478 e. The summed E-state index contributed by atoms with van der Waals surface area (Å²) in [7, 11) is 0. The van der Waals surface area contributed by atoms with Crippen molar-refractivity contribution >= 4 is 11.7 Å². The largest absolute Gasteiger partial charge is 0.478 e.